The molecule has 0 aromatic rings. The van der Waals surface area contributed by atoms with Crippen molar-refractivity contribution in [3.63, 3.8) is 0 Å². The Balaban J connectivity index is 2.32. The molecule has 0 aliphatic carbocycles. The average Bonchev–Trinajstić information content (AvgIpc) is 2.35. The summed E-state index contributed by atoms with van der Waals surface area (Å²) in [5.74, 6) is 2.58. The lowest BCUT2D eigenvalue weighted by Crippen LogP contribution is -2.45. The van der Waals surface area contributed by atoms with Crippen molar-refractivity contribution in [1.82, 2.24) is 10.2 Å². The second kappa shape index (κ2) is 7.38. The van der Waals surface area contributed by atoms with Gasteiger partial charge in [0, 0.05) is 6.04 Å². The van der Waals surface area contributed by atoms with Crippen molar-refractivity contribution >= 4 is 0 Å². The molecule has 1 N–H and O–H groups in total. The fourth-order valence-corrected chi connectivity index (χ4v) is 2.90. The largest absolute Gasteiger partial charge is 0.317 e. The third kappa shape index (κ3) is 4.59. The highest BCUT2D eigenvalue weighted by atomic mass is 15.2. The maximum absolute atomic E-state index is 3.47. The number of hydrogen-bond donors (Lipinski definition) is 1. The Morgan fingerprint density at radius 1 is 1.12 bits per heavy atom. The lowest BCUT2D eigenvalue weighted by molar-refractivity contribution is 0.0954. The average molecular weight is 240 g/mol. The first-order valence-electron chi connectivity index (χ1n) is 7.51. The van der Waals surface area contributed by atoms with Crippen molar-refractivity contribution in [2.75, 3.05) is 26.2 Å². The highest BCUT2D eigenvalue weighted by Crippen LogP contribution is 2.26. The fraction of sp³-hybridized carbons (Fsp3) is 1.00. The van der Waals surface area contributed by atoms with Crippen LogP contribution >= 0.6 is 0 Å². The monoisotopic (exact) mass is 240 g/mol. The summed E-state index contributed by atoms with van der Waals surface area (Å²) >= 11 is 0. The summed E-state index contributed by atoms with van der Waals surface area (Å²) in [5, 5.41) is 3.47. The summed E-state index contributed by atoms with van der Waals surface area (Å²) in [5.41, 5.74) is 0. The van der Waals surface area contributed by atoms with Gasteiger partial charge >= 0.3 is 0 Å². The first kappa shape index (κ1) is 15.0. The van der Waals surface area contributed by atoms with E-state index in [1.807, 2.05) is 0 Å². The van der Waals surface area contributed by atoms with E-state index >= 15 is 0 Å². The topological polar surface area (TPSA) is 15.3 Å². The molecule has 2 atom stereocenters. The smallest absolute Gasteiger partial charge is 0.0105 e. The van der Waals surface area contributed by atoms with Crippen molar-refractivity contribution in [1.29, 1.82) is 0 Å². The van der Waals surface area contributed by atoms with Crippen LogP contribution in [0.1, 0.15) is 47.5 Å². The van der Waals surface area contributed by atoms with E-state index in [4.69, 9.17) is 0 Å². The van der Waals surface area contributed by atoms with Crippen molar-refractivity contribution in [3.05, 3.63) is 0 Å². The lowest BCUT2D eigenvalue weighted by atomic mass is 9.85. The van der Waals surface area contributed by atoms with E-state index in [9.17, 15) is 0 Å². The summed E-state index contributed by atoms with van der Waals surface area (Å²) < 4.78 is 0. The number of hydrogen-bond acceptors (Lipinski definition) is 2. The molecule has 1 aliphatic rings. The van der Waals surface area contributed by atoms with E-state index in [1.54, 1.807) is 0 Å². The number of likely N-dealkylation sites (tertiary alicyclic amines) is 1. The molecule has 102 valence electrons. The minimum atomic E-state index is 0.724. The molecular weight excluding hydrogens is 208 g/mol. The molecule has 2 heteroatoms. The molecule has 0 radical (unpaired) electrons. The van der Waals surface area contributed by atoms with E-state index in [-0.39, 0.29) is 0 Å². The number of piperidine rings is 1. The Morgan fingerprint density at radius 2 is 1.71 bits per heavy atom. The van der Waals surface area contributed by atoms with Gasteiger partial charge in [0.2, 0.25) is 0 Å². The summed E-state index contributed by atoms with van der Waals surface area (Å²) in [6.45, 7) is 16.6. The van der Waals surface area contributed by atoms with Gasteiger partial charge in [-0.2, -0.15) is 0 Å². The van der Waals surface area contributed by atoms with Gasteiger partial charge in [-0.05, 0) is 63.7 Å². The first-order valence-corrected chi connectivity index (χ1v) is 7.51. The minimum absolute atomic E-state index is 0.724. The highest BCUT2D eigenvalue weighted by Gasteiger charge is 2.26. The Hall–Kier alpha value is -0.0800. The molecular formula is C15H32N2. The van der Waals surface area contributed by atoms with Crippen LogP contribution in [-0.4, -0.2) is 37.1 Å². The fourth-order valence-electron chi connectivity index (χ4n) is 2.90. The number of nitrogens with one attached hydrogen (secondary N) is 1. The van der Waals surface area contributed by atoms with Gasteiger partial charge in [0.25, 0.3) is 0 Å². The quantitative estimate of drug-likeness (QED) is 0.768. The van der Waals surface area contributed by atoms with Crippen LogP contribution in [0.4, 0.5) is 0 Å². The molecule has 1 rings (SSSR count). The third-order valence-corrected chi connectivity index (χ3v) is 4.63. The zero-order valence-electron chi connectivity index (χ0n) is 12.5. The Bertz CT molecular complexity index is 195. The molecule has 1 aliphatic heterocycles. The second-order valence-corrected chi connectivity index (χ2v) is 6.14. The van der Waals surface area contributed by atoms with E-state index in [2.05, 4.69) is 44.8 Å². The van der Waals surface area contributed by atoms with Crippen molar-refractivity contribution in [2.24, 2.45) is 17.8 Å². The van der Waals surface area contributed by atoms with Crippen LogP contribution in [0.2, 0.25) is 0 Å². The molecule has 1 fully saturated rings. The van der Waals surface area contributed by atoms with Gasteiger partial charge < -0.3 is 10.2 Å². The Morgan fingerprint density at radius 3 is 2.18 bits per heavy atom. The van der Waals surface area contributed by atoms with E-state index < -0.39 is 0 Å². The molecule has 0 saturated carbocycles. The van der Waals surface area contributed by atoms with Gasteiger partial charge in [-0.3, -0.25) is 0 Å². The summed E-state index contributed by atoms with van der Waals surface area (Å²) in [6.07, 6.45) is 2.80. The predicted octanol–water partition coefficient (Wildman–Crippen LogP) is 2.99. The van der Waals surface area contributed by atoms with Crippen LogP contribution in [0.15, 0.2) is 0 Å². The van der Waals surface area contributed by atoms with E-state index in [1.165, 1.54) is 25.9 Å². The van der Waals surface area contributed by atoms with Crippen molar-refractivity contribution in [3.8, 4) is 0 Å². The maximum Gasteiger partial charge on any atom is 0.0105 e. The van der Waals surface area contributed by atoms with Gasteiger partial charge in [0.05, 0.1) is 0 Å². The van der Waals surface area contributed by atoms with E-state index in [0.717, 1.165) is 36.9 Å². The molecule has 0 aromatic carbocycles. The van der Waals surface area contributed by atoms with Crippen molar-refractivity contribution < 1.29 is 0 Å². The zero-order chi connectivity index (χ0) is 12.8. The first-order chi connectivity index (χ1) is 8.06. The molecule has 0 bridgehead atoms. The second-order valence-electron chi connectivity index (χ2n) is 6.14. The van der Waals surface area contributed by atoms with Gasteiger partial charge in [-0.15, -0.1) is 0 Å². The standard InChI is InChI=1S/C15H32N2/c1-6-16-11-13(4)14(5)17-9-7-15(8-10-17)12(2)3/h12-16H,6-11H2,1-5H3. The zero-order valence-corrected chi connectivity index (χ0v) is 12.5. The lowest BCUT2D eigenvalue weighted by Gasteiger charge is -2.39. The Kier molecular flexibility index (Phi) is 6.50. The SMILES string of the molecule is CCNCC(C)C(C)N1CCC(C(C)C)CC1. The van der Waals surface area contributed by atoms with Crippen LogP contribution in [0.25, 0.3) is 0 Å². The molecule has 2 unspecified atom stereocenters. The maximum atomic E-state index is 3.47. The van der Waals surface area contributed by atoms with Crippen LogP contribution < -0.4 is 5.32 Å². The highest BCUT2D eigenvalue weighted by molar-refractivity contribution is 4.80. The molecule has 0 amide bonds. The molecule has 1 saturated heterocycles. The van der Waals surface area contributed by atoms with Gasteiger partial charge in [-0.1, -0.05) is 27.7 Å². The number of rotatable bonds is 6. The molecule has 2 nitrogen and oxygen atoms in total. The van der Waals surface area contributed by atoms with Crippen LogP contribution in [0.5, 0.6) is 0 Å². The van der Waals surface area contributed by atoms with Crippen LogP contribution in [0, 0.1) is 17.8 Å². The molecule has 17 heavy (non-hydrogen) atoms. The Labute approximate surface area is 108 Å². The van der Waals surface area contributed by atoms with Gasteiger partial charge in [0.15, 0.2) is 0 Å². The minimum Gasteiger partial charge on any atom is -0.317 e. The normalized spacial score (nSPS) is 22.9. The van der Waals surface area contributed by atoms with Gasteiger partial charge in [-0.25, -0.2) is 0 Å². The summed E-state index contributed by atoms with van der Waals surface area (Å²) in [4.78, 5) is 2.70. The molecule has 0 aromatic heterocycles. The molecule has 1 heterocycles. The summed E-state index contributed by atoms with van der Waals surface area (Å²) in [6, 6.07) is 0.724. The number of nitrogens with zero attached hydrogens (tertiary/aromatic N) is 1. The molecule has 0 spiro atoms. The summed E-state index contributed by atoms with van der Waals surface area (Å²) in [7, 11) is 0. The van der Waals surface area contributed by atoms with Crippen LogP contribution in [0.3, 0.4) is 0 Å². The van der Waals surface area contributed by atoms with Crippen molar-refractivity contribution in [2.45, 2.75) is 53.5 Å². The predicted molar refractivity (Wildman–Crippen MR) is 76.3 cm³/mol. The van der Waals surface area contributed by atoms with Crippen LogP contribution in [-0.2, 0) is 0 Å². The van der Waals surface area contributed by atoms with E-state index in [0.29, 0.717) is 0 Å². The third-order valence-electron chi connectivity index (χ3n) is 4.63. The van der Waals surface area contributed by atoms with Gasteiger partial charge in [0.1, 0.15) is 0 Å².